The molecule has 1 unspecified atom stereocenters. The lowest BCUT2D eigenvalue weighted by atomic mass is 10.2. The number of hydrogen-bond donors (Lipinski definition) is 0. The molecule has 0 aliphatic heterocycles. The number of nitrogens with zero attached hydrogens (tertiary/aromatic N) is 2. The summed E-state index contributed by atoms with van der Waals surface area (Å²) in [7, 11) is 1.79. The van der Waals surface area contributed by atoms with Gasteiger partial charge >= 0.3 is 11.9 Å². The quantitative estimate of drug-likeness (QED) is 0.223. The Hall–Kier alpha value is -2.19. The average molecular weight is 427 g/mol. The van der Waals surface area contributed by atoms with Crippen LogP contribution in [0.2, 0.25) is 0 Å². The third kappa shape index (κ3) is 6.27. The maximum atomic E-state index is 12.5. The third-order valence-corrected chi connectivity index (χ3v) is 3.44. The maximum Gasteiger partial charge on any atom is 0.366 e. The Morgan fingerprint density at radius 2 is 1.88 bits per heavy atom. The van der Waals surface area contributed by atoms with E-state index in [1.807, 2.05) is 30.3 Å². The minimum Gasteiger partial charge on any atom is -1.00 e. The van der Waals surface area contributed by atoms with Gasteiger partial charge in [-0.25, -0.2) is 18.7 Å². The first-order valence-corrected chi connectivity index (χ1v) is 8.06. The van der Waals surface area contributed by atoms with E-state index in [1.54, 1.807) is 44.2 Å². The Morgan fingerprint density at radius 3 is 2.46 bits per heavy atom. The van der Waals surface area contributed by atoms with Crippen molar-refractivity contribution >= 4 is 11.9 Å². The van der Waals surface area contributed by atoms with Gasteiger partial charge in [0.25, 0.3) is 6.04 Å². The zero-order valence-corrected chi connectivity index (χ0v) is 16.6. The second kappa shape index (κ2) is 10.7. The zero-order valence-electron chi connectivity index (χ0n) is 15.0. The van der Waals surface area contributed by atoms with Gasteiger partial charge in [-0.05, 0) is 19.4 Å². The molecule has 0 N–H and O–H groups in total. The maximum absolute atomic E-state index is 12.5. The van der Waals surface area contributed by atoms with Crippen LogP contribution in [0.3, 0.4) is 0 Å². The van der Waals surface area contributed by atoms with Crippen LogP contribution in [0, 0.1) is 0 Å². The minimum atomic E-state index is -1.23. The van der Waals surface area contributed by atoms with Gasteiger partial charge in [0.15, 0.2) is 6.29 Å². The second-order valence-electron chi connectivity index (χ2n) is 5.48. The van der Waals surface area contributed by atoms with Gasteiger partial charge in [0.2, 0.25) is 6.33 Å². The van der Waals surface area contributed by atoms with Crippen LogP contribution in [0.4, 0.5) is 0 Å². The molecule has 0 saturated carbocycles. The first-order chi connectivity index (χ1) is 12.0. The SMILES string of the molecule is CCO[C@H](C)OC(=O)C(C(=O)OCc1ccccc1)n1cc[n+](C)c1.[Br-]. The van der Waals surface area contributed by atoms with E-state index in [-0.39, 0.29) is 23.6 Å². The predicted molar refractivity (Wildman–Crippen MR) is 88.1 cm³/mol. The van der Waals surface area contributed by atoms with Crippen molar-refractivity contribution in [2.75, 3.05) is 6.61 Å². The smallest absolute Gasteiger partial charge is 0.366 e. The number of hydrogen-bond acceptors (Lipinski definition) is 5. The van der Waals surface area contributed by atoms with Crippen molar-refractivity contribution in [3.63, 3.8) is 0 Å². The van der Waals surface area contributed by atoms with E-state index in [0.717, 1.165) is 5.56 Å². The van der Waals surface area contributed by atoms with Crippen molar-refractivity contribution in [3.8, 4) is 0 Å². The predicted octanol–water partition coefficient (Wildman–Crippen LogP) is -1.47. The molecule has 0 fully saturated rings. The van der Waals surface area contributed by atoms with E-state index in [4.69, 9.17) is 14.2 Å². The fourth-order valence-electron chi connectivity index (χ4n) is 2.27. The summed E-state index contributed by atoms with van der Waals surface area (Å²) in [6.07, 6.45) is 4.20. The fourth-order valence-corrected chi connectivity index (χ4v) is 2.27. The molecule has 142 valence electrons. The number of ether oxygens (including phenoxy) is 3. The normalized spacial score (nSPS) is 12.6. The molecular weight excluding hydrogens is 404 g/mol. The van der Waals surface area contributed by atoms with Gasteiger partial charge in [-0.3, -0.25) is 0 Å². The summed E-state index contributed by atoms with van der Waals surface area (Å²) in [6, 6.07) is 8.03. The molecule has 0 saturated heterocycles. The van der Waals surface area contributed by atoms with Crippen molar-refractivity contribution < 1.29 is 45.3 Å². The third-order valence-electron chi connectivity index (χ3n) is 3.44. The molecule has 0 aliphatic carbocycles. The second-order valence-corrected chi connectivity index (χ2v) is 5.48. The molecule has 8 heteroatoms. The first-order valence-electron chi connectivity index (χ1n) is 8.06. The summed E-state index contributed by atoms with van der Waals surface area (Å²) < 4.78 is 18.9. The summed E-state index contributed by atoms with van der Waals surface area (Å²) in [5, 5.41) is 0. The summed E-state index contributed by atoms with van der Waals surface area (Å²) in [5.41, 5.74) is 0.837. The van der Waals surface area contributed by atoms with Crippen molar-refractivity contribution in [1.29, 1.82) is 0 Å². The van der Waals surface area contributed by atoms with Crippen LogP contribution >= 0.6 is 0 Å². The van der Waals surface area contributed by atoms with E-state index in [0.29, 0.717) is 6.61 Å². The highest BCUT2D eigenvalue weighted by molar-refractivity contribution is 5.97. The molecule has 0 amide bonds. The van der Waals surface area contributed by atoms with Crippen LogP contribution < -0.4 is 21.5 Å². The number of carbonyl (C=O) groups is 2. The molecule has 1 heterocycles. The molecule has 1 aromatic carbocycles. The highest BCUT2D eigenvalue weighted by atomic mass is 79.9. The van der Waals surface area contributed by atoms with Crippen LogP contribution in [0.5, 0.6) is 0 Å². The molecule has 2 aromatic rings. The Balaban J connectivity index is 0.00000338. The number of aromatic nitrogens is 2. The zero-order chi connectivity index (χ0) is 18.2. The van der Waals surface area contributed by atoms with Crippen LogP contribution in [0.15, 0.2) is 49.1 Å². The molecule has 0 radical (unpaired) electrons. The van der Waals surface area contributed by atoms with Crippen LogP contribution in [-0.4, -0.2) is 29.4 Å². The highest BCUT2D eigenvalue weighted by Gasteiger charge is 2.37. The first kappa shape index (κ1) is 21.9. The number of esters is 2. The summed E-state index contributed by atoms with van der Waals surface area (Å²) in [6.45, 7) is 3.87. The molecule has 2 atom stereocenters. The van der Waals surface area contributed by atoms with E-state index in [1.165, 1.54) is 4.57 Å². The van der Waals surface area contributed by atoms with Crippen LogP contribution in [0.25, 0.3) is 0 Å². The Bertz CT molecular complexity index is 705. The van der Waals surface area contributed by atoms with Gasteiger partial charge in [-0.1, -0.05) is 30.3 Å². The number of carbonyl (C=O) groups excluding carboxylic acids is 2. The van der Waals surface area contributed by atoms with Gasteiger partial charge in [-0.15, -0.1) is 0 Å². The Morgan fingerprint density at radius 1 is 1.19 bits per heavy atom. The number of benzene rings is 1. The van der Waals surface area contributed by atoms with Gasteiger partial charge < -0.3 is 31.2 Å². The van der Waals surface area contributed by atoms with Crippen molar-refractivity contribution in [3.05, 3.63) is 54.6 Å². The molecule has 2 rings (SSSR count). The van der Waals surface area contributed by atoms with Gasteiger partial charge in [0.1, 0.15) is 19.0 Å². The van der Waals surface area contributed by atoms with Crippen molar-refractivity contribution in [2.45, 2.75) is 32.8 Å². The van der Waals surface area contributed by atoms with Crippen LogP contribution in [-0.2, 0) is 37.5 Å². The molecule has 0 bridgehead atoms. The minimum absolute atomic E-state index is 0. The molecule has 7 nitrogen and oxygen atoms in total. The van der Waals surface area contributed by atoms with E-state index in [2.05, 4.69) is 0 Å². The largest absolute Gasteiger partial charge is 1.00 e. The Labute approximate surface area is 163 Å². The van der Waals surface area contributed by atoms with Gasteiger partial charge in [0.05, 0.1) is 7.05 Å². The molecule has 0 aliphatic rings. The number of aryl methyl sites for hydroxylation is 1. The Kier molecular flexibility index (Phi) is 9.01. The lowest BCUT2D eigenvalue weighted by molar-refractivity contribution is -0.671. The number of imidazole rings is 1. The topological polar surface area (TPSA) is 70.6 Å². The van der Waals surface area contributed by atoms with E-state index >= 15 is 0 Å². The average Bonchev–Trinajstić information content (AvgIpc) is 3.00. The molecule has 0 spiro atoms. The number of halogens is 1. The van der Waals surface area contributed by atoms with Gasteiger partial charge in [0, 0.05) is 6.61 Å². The monoisotopic (exact) mass is 426 g/mol. The van der Waals surface area contributed by atoms with Crippen LogP contribution in [0.1, 0.15) is 25.5 Å². The number of rotatable bonds is 8. The van der Waals surface area contributed by atoms with E-state index in [9.17, 15) is 9.59 Å². The lowest BCUT2D eigenvalue weighted by Crippen LogP contribution is -3.00. The summed E-state index contributed by atoms with van der Waals surface area (Å²) >= 11 is 0. The molecule has 26 heavy (non-hydrogen) atoms. The van der Waals surface area contributed by atoms with E-state index < -0.39 is 24.3 Å². The molecule has 1 aromatic heterocycles. The van der Waals surface area contributed by atoms with Crippen molar-refractivity contribution in [2.24, 2.45) is 7.05 Å². The van der Waals surface area contributed by atoms with Crippen molar-refractivity contribution in [1.82, 2.24) is 4.57 Å². The lowest BCUT2D eigenvalue weighted by Gasteiger charge is -2.16. The standard InChI is InChI=1S/C18H23N2O5.BrH/c1-4-23-14(2)25-18(22)16(20-11-10-19(3)13-20)17(21)24-12-15-8-6-5-7-9-15;/h5-11,13-14,16H,4,12H2,1-3H3;1H/q+1;/p-1/t14-,16?;/m0./s1. The summed E-state index contributed by atoms with van der Waals surface area (Å²) in [4.78, 5) is 25.0. The molecular formula is C18H23BrN2O5. The highest BCUT2D eigenvalue weighted by Crippen LogP contribution is 2.14. The summed E-state index contributed by atoms with van der Waals surface area (Å²) in [5.74, 6) is -1.41. The fraction of sp³-hybridized carbons (Fsp3) is 0.389. The van der Waals surface area contributed by atoms with Gasteiger partial charge in [-0.2, -0.15) is 0 Å².